The minimum atomic E-state index is -0.0897. The molecular weight excluding hydrogens is 306 g/mol. The summed E-state index contributed by atoms with van der Waals surface area (Å²) >= 11 is 3.41. The summed E-state index contributed by atoms with van der Waals surface area (Å²) in [7, 11) is 0. The van der Waals surface area contributed by atoms with E-state index in [2.05, 4.69) is 15.9 Å². The van der Waals surface area contributed by atoms with Crippen molar-refractivity contribution in [2.24, 2.45) is 5.92 Å². The molecule has 96 valence electrons. The predicted molar refractivity (Wildman–Crippen MR) is 72.8 cm³/mol. The van der Waals surface area contributed by atoms with Gasteiger partial charge in [-0.25, -0.2) is 0 Å². The van der Waals surface area contributed by atoms with Crippen LogP contribution in [-0.2, 0) is 4.79 Å². The van der Waals surface area contributed by atoms with Gasteiger partial charge in [0.1, 0.15) is 13.1 Å². The first-order valence-corrected chi connectivity index (χ1v) is 6.75. The number of amides is 1. The van der Waals surface area contributed by atoms with Crippen molar-refractivity contribution in [2.45, 2.75) is 12.3 Å². The van der Waals surface area contributed by atoms with Crippen molar-refractivity contribution in [3.63, 3.8) is 0 Å². The van der Waals surface area contributed by atoms with Crippen LogP contribution in [-0.4, -0.2) is 23.9 Å². The second-order valence-corrected chi connectivity index (χ2v) is 5.43. The monoisotopic (exact) mass is 317 g/mol. The lowest BCUT2D eigenvalue weighted by Crippen LogP contribution is -2.33. The summed E-state index contributed by atoms with van der Waals surface area (Å²) in [6.07, 6.45) is 0.794. The van der Waals surface area contributed by atoms with Gasteiger partial charge in [0.2, 0.25) is 5.91 Å². The fourth-order valence-electron chi connectivity index (χ4n) is 2.19. The number of carbonyl (C=O) groups is 1. The molecule has 1 fully saturated rings. The molecule has 2 rings (SSSR count). The maximum atomic E-state index is 12.2. The molecule has 19 heavy (non-hydrogen) atoms. The highest BCUT2D eigenvalue weighted by molar-refractivity contribution is 9.10. The molecule has 0 bridgehead atoms. The van der Waals surface area contributed by atoms with E-state index in [-0.39, 0.29) is 30.8 Å². The van der Waals surface area contributed by atoms with Gasteiger partial charge in [-0.2, -0.15) is 10.5 Å². The minimum Gasteiger partial charge on any atom is -0.316 e. The van der Waals surface area contributed by atoms with Crippen LogP contribution in [0, 0.1) is 28.6 Å². The molecule has 0 heterocycles. The van der Waals surface area contributed by atoms with Crippen molar-refractivity contribution in [1.29, 1.82) is 10.5 Å². The van der Waals surface area contributed by atoms with Crippen molar-refractivity contribution in [3.05, 3.63) is 34.3 Å². The Labute approximate surface area is 120 Å². The largest absolute Gasteiger partial charge is 0.316 e. The number of halogens is 1. The Hall–Kier alpha value is -1.85. The normalized spacial score (nSPS) is 20.2. The lowest BCUT2D eigenvalue weighted by molar-refractivity contribution is -0.131. The maximum absolute atomic E-state index is 12.2. The Morgan fingerprint density at radius 1 is 1.37 bits per heavy atom. The van der Waals surface area contributed by atoms with Crippen molar-refractivity contribution in [1.82, 2.24) is 4.90 Å². The number of rotatable bonds is 4. The summed E-state index contributed by atoms with van der Waals surface area (Å²) in [6.45, 7) is -0.0395. The number of nitrogens with zero attached hydrogens (tertiary/aromatic N) is 3. The molecule has 2 unspecified atom stereocenters. The average molecular weight is 318 g/mol. The molecule has 0 spiro atoms. The van der Waals surface area contributed by atoms with Crippen molar-refractivity contribution >= 4 is 21.8 Å². The molecule has 5 heteroatoms. The van der Waals surface area contributed by atoms with Crippen LogP contribution < -0.4 is 0 Å². The molecule has 0 saturated heterocycles. The van der Waals surface area contributed by atoms with E-state index >= 15 is 0 Å². The van der Waals surface area contributed by atoms with Crippen LogP contribution in [0.15, 0.2) is 28.7 Å². The Kier molecular flexibility index (Phi) is 4.19. The Morgan fingerprint density at radius 3 is 2.63 bits per heavy atom. The SMILES string of the molecule is N#CCN(CC#N)C(=O)C1CC1c1cccc(Br)c1. The number of hydrogen-bond donors (Lipinski definition) is 0. The number of benzene rings is 1. The highest BCUT2D eigenvalue weighted by Crippen LogP contribution is 2.48. The highest BCUT2D eigenvalue weighted by Gasteiger charge is 2.45. The predicted octanol–water partition coefficient (Wildman–Crippen LogP) is 2.43. The molecule has 2 atom stereocenters. The highest BCUT2D eigenvalue weighted by atomic mass is 79.9. The molecule has 0 N–H and O–H groups in total. The van der Waals surface area contributed by atoms with E-state index in [1.54, 1.807) is 0 Å². The molecule has 0 aromatic heterocycles. The molecule has 1 aliphatic carbocycles. The van der Waals surface area contributed by atoms with Gasteiger partial charge in [0.05, 0.1) is 12.1 Å². The molecular formula is C14H12BrN3O. The van der Waals surface area contributed by atoms with E-state index in [1.165, 1.54) is 4.90 Å². The van der Waals surface area contributed by atoms with Crippen LogP contribution in [0.3, 0.4) is 0 Å². The molecule has 1 aromatic carbocycles. The number of hydrogen-bond acceptors (Lipinski definition) is 3. The molecule has 1 saturated carbocycles. The molecule has 0 radical (unpaired) electrons. The summed E-state index contributed by atoms with van der Waals surface area (Å²) < 4.78 is 0.994. The summed E-state index contributed by atoms with van der Waals surface area (Å²) in [5, 5.41) is 17.3. The van der Waals surface area contributed by atoms with E-state index in [0.29, 0.717) is 0 Å². The van der Waals surface area contributed by atoms with Gasteiger partial charge in [-0.15, -0.1) is 0 Å². The first-order valence-electron chi connectivity index (χ1n) is 5.95. The van der Waals surface area contributed by atoms with Gasteiger partial charge in [-0.05, 0) is 30.0 Å². The van der Waals surface area contributed by atoms with E-state index in [9.17, 15) is 4.79 Å². The van der Waals surface area contributed by atoms with Crippen LogP contribution in [0.2, 0.25) is 0 Å². The van der Waals surface area contributed by atoms with Crippen molar-refractivity contribution < 1.29 is 4.79 Å². The zero-order valence-electron chi connectivity index (χ0n) is 10.2. The third-order valence-electron chi connectivity index (χ3n) is 3.22. The summed E-state index contributed by atoms with van der Waals surface area (Å²) in [5.74, 6) is 0.0361. The fraction of sp³-hybridized carbons (Fsp3) is 0.357. The van der Waals surface area contributed by atoms with Crippen molar-refractivity contribution in [2.75, 3.05) is 13.1 Å². The first-order chi connectivity index (χ1) is 9.17. The summed E-state index contributed by atoms with van der Waals surface area (Å²) in [4.78, 5) is 13.5. The Balaban J connectivity index is 2.04. The number of nitriles is 2. The van der Waals surface area contributed by atoms with Gasteiger partial charge in [-0.3, -0.25) is 4.79 Å². The van der Waals surface area contributed by atoms with E-state index in [4.69, 9.17) is 10.5 Å². The smallest absolute Gasteiger partial charge is 0.228 e. The zero-order chi connectivity index (χ0) is 13.8. The summed E-state index contributed by atoms with van der Waals surface area (Å²) in [5.41, 5.74) is 1.13. The van der Waals surface area contributed by atoms with Crippen LogP contribution in [0.4, 0.5) is 0 Å². The molecule has 1 aromatic rings. The second kappa shape index (κ2) is 5.86. The van der Waals surface area contributed by atoms with Crippen molar-refractivity contribution in [3.8, 4) is 12.1 Å². The standard InChI is InChI=1S/C14H12BrN3O/c15-11-3-1-2-10(8-11)12-9-13(12)14(19)18(6-4-16)7-5-17/h1-3,8,12-13H,6-7,9H2. The molecule has 0 aliphatic heterocycles. The lowest BCUT2D eigenvalue weighted by atomic mass is 10.1. The van der Waals surface area contributed by atoms with Gasteiger partial charge in [0.15, 0.2) is 0 Å². The summed E-state index contributed by atoms with van der Waals surface area (Å²) in [6, 6.07) is 11.8. The minimum absolute atomic E-state index is 0.0197. The quantitative estimate of drug-likeness (QED) is 0.801. The zero-order valence-corrected chi connectivity index (χ0v) is 11.8. The van der Waals surface area contributed by atoms with Gasteiger partial charge < -0.3 is 4.90 Å². The average Bonchev–Trinajstić information content (AvgIpc) is 3.18. The Bertz CT molecular complexity index is 557. The van der Waals surface area contributed by atoms with Gasteiger partial charge >= 0.3 is 0 Å². The third kappa shape index (κ3) is 3.13. The molecule has 1 aliphatic rings. The second-order valence-electron chi connectivity index (χ2n) is 4.51. The lowest BCUT2D eigenvalue weighted by Gasteiger charge is -2.15. The molecule has 1 amide bonds. The van der Waals surface area contributed by atoms with Crippen LogP contribution >= 0.6 is 15.9 Å². The first kappa shape index (κ1) is 13.6. The van der Waals surface area contributed by atoms with E-state index in [0.717, 1.165) is 16.5 Å². The number of carbonyl (C=O) groups excluding carboxylic acids is 1. The van der Waals surface area contributed by atoms with Gasteiger partial charge in [0, 0.05) is 10.4 Å². The van der Waals surface area contributed by atoms with Crippen LogP contribution in [0.25, 0.3) is 0 Å². The van der Waals surface area contributed by atoms with Crippen LogP contribution in [0.5, 0.6) is 0 Å². The topological polar surface area (TPSA) is 67.9 Å². The van der Waals surface area contributed by atoms with E-state index < -0.39 is 0 Å². The Morgan fingerprint density at radius 2 is 2.05 bits per heavy atom. The maximum Gasteiger partial charge on any atom is 0.228 e. The van der Waals surface area contributed by atoms with E-state index in [1.807, 2.05) is 36.4 Å². The third-order valence-corrected chi connectivity index (χ3v) is 3.71. The van der Waals surface area contributed by atoms with Gasteiger partial charge in [-0.1, -0.05) is 28.1 Å². The molecule has 4 nitrogen and oxygen atoms in total. The van der Waals surface area contributed by atoms with Crippen LogP contribution in [0.1, 0.15) is 17.9 Å². The fourth-order valence-corrected chi connectivity index (χ4v) is 2.61. The van der Waals surface area contributed by atoms with Gasteiger partial charge in [0.25, 0.3) is 0 Å².